The van der Waals surface area contributed by atoms with Crippen LogP contribution >= 0.6 is 11.6 Å². The Hall–Kier alpha value is -5.15. The Balaban J connectivity index is 1.36. The maximum Gasteiger partial charge on any atom is 0.335 e. The third kappa shape index (κ3) is 5.36. The van der Waals surface area contributed by atoms with Crippen LogP contribution in [-0.2, 0) is 4.79 Å². The van der Waals surface area contributed by atoms with E-state index in [0.29, 0.717) is 45.5 Å². The van der Waals surface area contributed by atoms with Crippen LogP contribution in [0, 0.1) is 0 Å². The summed E-state index contributed by atoms with van der Waals surface area (Å²) in [6, 6.07) is 21.3. The van der Waals surface area contributed by atoms with E-state index in [4.69, 9.17) is 25.9 Å². The number of halogens is 1. The number of ether oxygens (including phenoxy) is 1. The second-order valence-corrected chi connectivity index (χ2v) is 9.20. The smallest absolute Gasteiger partial charge is 0.335 e. The van der Waals surface area contributed by atoms with Gasteiger partial charge >= 0.3 is 5.97 Å². The number of nitrogens with one attached hydrogen (secondary N) is 1. The molecule has 0 unspecified atom stereocenters. The molecule has 2 heterocycles. The number of benzene rings is 3. The summed E-state index contributed by atoms with van der Waals surface area (Å²) in [7, 11) is 1.54. The zero-order valence-corrected chi connectivity index (χ0v) is 22.1. The van der Waals surface area contributed by atoms with Crippen molar-refractivity contribution in [2.45, 2.75) is 6.92 Å². The number of methoxy groups -OCH3 is 1. The number of hydrogen-bond donors (Lipinski definition) is 2. The van der Waals surface area contributed by atoms with Gasteiger partial charge in [-0.15, -0.1) is 0 Å². The molecule has 0 saturated heterocycles. The summed E-state index contributed by atoms with van der Waals surface area (Å²) in [5, 5.41) is 17.7. The molecule has 1 aliphatic heterocycles. The van der Waals surface area contributed by atoms with E-state index in [-0.39, 0.29) is 22.1 Å². The maximum absolute atomic E-state index is 13.1. The molecule has 1 aliphatic rings. The lowest BCUT2D eigenvalue weighted by molar-refractivity contribution is -0.114. The minimum absolute atomic E-state index is 0.109. The molecule has 0 radical (unpaired) electrons. The fourth-order valence-electron chi connectivity index (χ4n) is 4.08. The van der Waals surface area contributed by atoms with Crippen molar-refractivity contribution in [3.8, 4) is 17.1 Å². The van der Waals surface area contributed by atoms with Gasteiger partial charge in [-0.25, -0.2) is 4.79 Å². The number of carboxylic acid groups (broad SMARTS) is 1. The van der Waals surface area contributed by atoms with E-state index in [2.05, 4.69) is 10.4 Å². The quantitative estimate of drug-likeness (QED) is 0.256. The first-order valence-corrected chi connectivity index (χ1v) is 12.4. The van der Waals surface area contributed by atoms with Gasteiger partial charge in [0.2, 0.25) is 0 Å². The Morgan fingerprint density at radius 2 is 1.82 bits per heavy atom. The van der Waals surface area contributed by atoms with E-state index in [1.165, 1.54) is 29.3 Å². The lowest BCUT2D eigenvalue weighted by Crippen LogP contribution is -2.21. The van der Waals surface area contributed by atoms with Crippen LogP contribution < -0.4 is 15.1 Å². The summed E-state index contributed by atoms with van der Waals surface area (Å²) in [6.45, 7) is 1.70. The lowest BCUT2D eigenvalue weighted by Gasteiger charge is -2.11. The summed E-state index contributed by atoms with van der Waals surface area (Å²) >= 11 is 6.33. The van der Waals surface area contributed by atoms with Crippen molar-refractivity contribution in [1.29, 1.82) is 0 Å². The molecule has 2 N–H and O–H groups in total. The topological polar surface area (TPSA) is 121 Å². The fraction of sp³-hybridized carbons (Fsp3) is 0.0667. The second-order valence-electron chi connectivity index (χ2n) is 8.80. The molecule has 4 aromatic rings. The predicted molar refractivity (Wildman–Crippen MR) is 152 cm³/mol. The fourth-order valence-corrected chi connectivity index (χ4v) is 4.29. The molecule has 0 bridgehead atoms. The lowest BCUT2D eigenvalue weighted by atomic mass is 10.1. The molecule has 1 aromatic heterocycles. The average molecular weight is 556 g/mol. The number of amides is 2. The van der Waals surface area contributed by atoms with Crippen LogP contribution in [0.25, 0.3) is 17.4 Å². The Morgan fingerprint density at radius 1 is 1.05 bits per heavy atom. The summed E-state index contributed by atoms with van der Waals surface area (Å²) < 4.78 is 11.2. The minimum Gasteiger partial charge on any atom is -0.497 e. The van der Waals surface area contributed by atoms with Crippen LogP contribution in [-0.4, -0.2) is 35.7 Å². The Kier molecular flexibility index (Phi) is 7.22. The van der Waals surface area contributed by atoms with Gasteiger partial charge in [0, 0.05) is 17.3 Å². The van der Waals surface area contributed by atoms with Crippen LogP contribution in [0.4, 0.5) is 11.4 Å². The minimum atomic E-state index is -1.06. The first kappa shape index (κ1) is 26.5. The number of rotatable bonds is 7. The normalized spacial score (nSPS) is 13.9. The molecule has 0 spiro atoms. The molecule has 3 aromatic carbocycles. The van der Waals surface area contributed by atoms with Crippen molar-refractivity contribution in [2.24, 2.45) is 5.10 Å². The zero-order valence-electron chi connectivity index (χ0n) is 21.3. The molecular weight excluding hydrogens is 534 g/mol. The second kappa shape index (κ2) is 10.9. The molecule has 2 amide bonds. The summed E-state index contributed by atoms with van der Waals surface area (Å²) in [5.74, 6) is -0.336. The summed E-state index contributed by atoms with van der Waals surface area (Å²) in [4.78, 5) is 37.2. The van der Waals surface area contributed by atoms with Gasteiger partial charge in [0.25, 0.3) is 11.8 Å². The van der Waals surface area contributed by atoms with E-state index < -0.39 is 11.9 Å². The van der Waals surface area contributed by atoms with Crippen LogP contribution in [0.15, 0.2) is 94.0 Å². The highest BCUT2D eigenvalue weighted by molar-refractivity contribution is 6.34. The Bertz CT molecular complexity index is 1700. The Morgan fingerprint density at radius 3 is 2.55 bits per heavy atom. The van der Waals surface area contributed by atoms with E-state index in [1.54, 1.807) is 74.7 Å². The van der Waals surface area contributed by atoms with Gasteiger partial charge in [-0.2, -0.15) is 10.1 Å². The molecule has 40 heavy (non-hydrogen) atoms. The molecule has 9 nitrogen and oxygen atoms in total. The molecule has 10 heteroatoms. The van der Waals surface area contributed by atoms with Crippen LogP contribution in [0.2, 0.25) is 5.02 Å². The van der Waals surface area contributed by atoms with Crippen molar-refractivity contribution < 1.29 is 28.6 Å². The van der Waals surface area contributed by atoms with Crippen LogP contribution in [0.3, 0.4) is 0 Å². The first-order valence-electron chi connectivity index (χ1n) is 12.0. The van der Waals surface area contributed by atoms with Crippen LogP contribution in [0.1, 0.15) is 33.4 Å². The number of furan rings is 1. The maximum atomic E-state index is 13.1. The van der Waals surface area contributed by atoms with Gasteiger partial charge < -0.3 is 19.6 Å². The van der Waals surface area contributed by atoms with E-state index >= 15 is 0 Å². The molecule has 0 fully saturated rings. The molecule has 0 saturated carbocycles. The van der Waals surface area contributed by atoms with Crippen LogP contribution in [0.5, 0.6) is 5.75 Å². The average Bonchev–Trinajstić information content (AvgIpc) is 3.53. The molecule has 200 valence electrons. The van der Waals surface area contributed by atoms with Crippen molar-refractivity contribution in [1.82, 2.24) is 0 Å². The van der Waals surface area contributed by atoms with E-state index in [9.17, 15) is 14.4 Å². The van der Waals surface area contributed by atoms with E-state index in [0.717, 1.165) is 0 Å². The summed E-state index contributed by atoms with van der Waals surface area (Å²) in [5.41, 5.74) is 2.80. The highest BCUT2D eigenvalue weighted by Crippen LogP contribution is 2.30. The number of carboxylic acids is 1. The summed E-state index contributed by atoms with van der Waals surface area (Å²) in [6.07, 6.45) is 1.59. The number of hydrogen-bond acceptors (Lipinski definition) is 6. The largest absolute Gasteiger partial charge is 0.497 e. The SMILES string of the molecule is COc1cccc(NC(=O)c2cc(-c3ccc(C=C4C(=O)N(c5ccc(C(=O)O)cc5)N=C4C)o3)ccc2Cl)c1. The van der Waals surface area contributed by atoms with E-state index in [1.807, 2.05) is 0 Å². The first-order chi connectivity index (χ1) is 19.2. The van der Waals surface area contributed by atoms with Gasteiger partial charge in [0.05, 0.1) is 40.2 Å². The highest BCUT2D eigenvalue weighted by atomic mass is 35.5. The number of anilines is 2. The predicted octanol–water partition coefficient (Wildman–Crippen LogP) is 6.37. The van der Waals surface area contributed by atoms with Gasteiger partial charge in [0.1, 0.15) is 17.3 Å². The van der Waals surface area contributed by atoms with Gasteiger partial charge in [-0.1, -0.05) is 17.7 Å². The molecule has 0 aliphatic carbocycles. The third-order valence-corrected chi connectivity index (χ3v) is 6.49. The molecule has 0 atom stereocenters. The van der Waals surface area contributed by atoms with Crippen molar-refractivity contribution in [3.63, 3.8) is 0 Å². The number of hydrazone groups is 1. The molecule has 5 rings (SSSR count). The zero-order chi connectivity index (χ0) is 28.4. The van der Waals surface area contributed by atoms with Gasteiger partial charge in [-0.05, 0) is 79.7 Å². The number of nitrogens with zero attached hydrogens (tertiary/aromatic N) is 2. The standard InChI is InChI=1S/C30H22ClN3O6/c1-17-24(29(36)34(33-17)21-9-6-18(7-10-21)30(37)38)16-23-11-13-27(40-23)19-8-12-26(31)25(14-19)28(35)32-20-4-3-5-22(15-20)39-2/h3-16H,1-2H3,(H,32,35)(H,37,38). The third-order valence-electron chi connectivity index (χ3n) is 6.16. The Labute approximate surface area is 233 Å². The van der Waals surface area contributed by atoms with Crippen molar-refractivity contribution in [3.05, 3.63) is 106 Å². The number of aromatic carboxylic acids is 1. The van der Waals surface area contributed by atoms with Crippen molar-refractivity contribution >= 4 is 52.5 Å². The van der Waals surface area contributed by atoms with Gasteiger partial charge in [0.15, 0.2) is 0 Å². The van der Waals surface area contributed by atoms with Crippen molar-refractivity contribution in [2.75, 3.05) is 17.4 Å². The molecular formula is C30H22ClN3O6. The van der Waals surface area contributed by atoms with Gasteiger partial charge in [-0.3, -0.25) is 9.59 Å². The highest BCUT2D eigenvalue weighted by Gasteiger charge is 2.29. The number of carbonyl (C=O) groups is 3. The number of carbonyl (C=O) groups excluding carboxylic acids is 2. The monoisotopic (exact) mass is 555 g/mol.